The Bertz CT molecular complexity index is 761. The molecule has 1 aliphatic carbocycles. The summed E-state index contributed by atoms with van der Waals surface area (Å²) in [5.74, 6) is 0.576. The summed E-state index contributed by atoms with van der Waals surface area (Å²) in [4.78, 5) is 37.8. The summed E-state index contributed by atoms with van der Waals surface area (Å²) in [6.07, 6.45) is 2.20. The number of ether oxygens (including phenoxy) is 2. The first kappa shape index (κ1) is 15.7. The van der Waals surface area contributed by atoms with Gasteiger partial charge in [0.1, 0.15) is 12.1 Å². The Labute approximate surface area is 144 Å². The van der Waals surface area contributed by atoms with Crippen molar-refractivity contribution in [2.75, 3.05) is 13.3 Å². The topological polar surface area (TPSA) is 97.0 Å². The molecule has 1 aromatic rings. The van der Waals surface area contributed by atoms with Crippen molar-refractivity contribution in [1.29, 1.82) is 0 Å². The van der Waals surface area contributed by atoms with E-state index < -0.39 is 17.5 Å². The highest BCUT2D eigenvalue weighted by molar-refractivity contribution is 6.09. The smallest absolute Gasteiger partial charge is 0.325 e. The van der Waals surface area contributed by atoms with Crippen molar-refractivity contribution in [3.8, 4) is 11.5 Å². The summed E-state index contributed by atoms with van der Waals surface area (Å²) in [5, 5.41) is 5.49. The normalized spacial score (nSPS) is 24.4. The number of benzene rings is 1. The molecule has 2 N–H and O–H groups in total. The molecule has 1 saturated carbocycles. The van der Waals surface area contributed by atoms with Gasteiger partial charge in [-0.3, -0.25) is 14.5 Å². The number of carbonyl (C=O) groups is 3. The fourth-order valence-electron chi connectivity index (χ4n) is 3.11. The van der Waals surface area contributed by atoms with Gasteiger partial charge in [-0.05, 0) is 37.5 Å². The quantitative estimate of drug-likeness (QED) is 0.760. The molecule has 2 heterocycles. The highest BCUT2D eigenvalue weighted by Crippen LogP contribution is 2.34. The van der Waals surface area contributed by atoms with E-state index in [0.29, 0.717) is 17.9 Å². The van der Waals surface area contributed by atoms with Crippen LogP contribution < -0.4 is 20.1 Å². The lowest BCUT2D eigenvalue weighted by Crippen LogP contribution is -2.47. The molecular formula is C17H19N3O5. The van der Waals surface area contributed by atoms with E-state index in [4.69, 9.17) is 9.47 Å². The van der Waals surface area contributed by atoms with Crippen LogP contribution in [0.5, 0.6) is 11.5 Å². The second-order valence-corrected chi connectivity index (χ2v) is 6.86. The Morgan fingerprint density at radius 1 is 1.32 bits per heavy atom. The molecule has 4 rings (SSSR count). The van der Waals surface area contributed by atoms with Crippen LogP contribution in [0.4, 0.5) is 4.79 Å². The van der Waals surface area contributed by atoms with Crippen molar-refractivity contribution < 1.29 is 23.9 Å². The van der Waals surface area contributed by atoms with Crippen LogP contribution in [-0.4, -0.2) is 47.7 Å². The molecule has 0 unspecified atom stereocenters. The average Bonchev–Trinajstić information content (AvgIpc) is 3.20. The highest BCUT2D eigenvalue weighted by atomic mass is 16.7. The lowest BCUT2D eigenvalue weighted by molar-refractivity contribution is -0.134. The van der Waals surface area contributed by atoms with E-state index >= 15 is 0 Å². The van der Waals surface area contributed by atoms with Gasteiger partial charge in [-0.2, -0.15) is 0 Å². The summed E-state index contributed by atoms with van der Waals surface area (Å²) >= 11 is 0. The minimum atomic E-state index is -1.09. The zero-order valence-corrected chi connectivity index (χ0v) is 13.8. The Morgan fingerprint density at radius 2 is 2.08 bits per heavy atom. The van der Waals surface area contributed by atoms with E-state index in [1.807, 2.05) is 6.07 Å². The number of nitrogens with one attached hydrogen (secondary N) is 2. The van der Waals surface area contributed by atoms with Gasteiger partial charge in [-0.25, -0.2) is 4.79 Å². The van der Waals surface area contributed by atoms with Crippen LogP contribution in [0.25, 0.3) is 0 Å². The molecule has 132 valence electrons. The molecule has 2 fully saturated rings. The number of fused-ring (bicyclic) bond motifs is 1. The molecule has 2 aliphatic heterocycles. The van der Waals surface area contributed by atoms with Crippen LogP contribution in [0.2, 0.25) is 0 Å². The number of amides is 4. The molecule has 1 saturated heterocycles. The fraction of sp³-hybridized carbons (Fsp3) is 0.471. The van der Waals surface area contributed by atoms with Crippen molar-refractivity contribution in [3.63, 3.8) is 0 Å². The van der Waals surface area contributed by atoms with Crippen molar-refractivity contribution in [1.82, 2.24) is 15.5 Å². The predicted molar refractivity (Wildman–Crippen MR) is 86.1 cm³/mol. The standard InChI is InChI=1S/C17H19N3O5/c1-17(7-10-2-5-12-13(6-10)25-9-24-12)15(22)20(16(23)19-17)8-14(21)18-11-3-4-11/h2,5-6,11H,3-4,7-9H2,1H3,(H,18,21)(H,19,23)/t17-/m1/s1. The van der Waals surface area contributed by atoms with Gasteiger partial charge < -0.3 is 20.1 Å². The molecule has 1 atom stereocenters. The fourth-order valence-corrected chi connectivity index (χ4v) is 3.11. The van der Waals surface area contributed by atoms with Crippen LogP contribution in [0.15, 0.2) is 18.2 Å². The van der Waals surface area contributed by atoms with E-state index in [9.17, 15) is 14.4 Å². The summed E-state index contributed by atoms with van der Waals surface area (Å²) < 4.78 is 10.6. The highest BCUT2D eigenvalue weighted by Gasteiger charge is 2.48. The van der Waals surface area contributed by atoms with E-state index in [1.54, 1.807) is 19.1 Å². The van der Waals surface area contributed by atoms with Crippen LogP contribution in [0.3, 0.4) is 0 Å². The number of rotatable bonds is 5. The van der Waals surface area contributed by atoms with Crippen molar-refractivity contribution in [3.05, 3.63) is 23.8 Å². The Balaban J connectivity index is 1.46. The van der Waals surface area contributed by atoms with Crippen molar-refractivity contribution >= 4 is 17.8 Å². The third-order valence-corrected chi connectivity index (χ3v) is 4.58. The molecule has 8 heteroatoms. The van der Waals surface area contributed by atoms with Crippen LogP contribution in [0, 0.1) is 0 Å². The Morgan fingerprint density at radius 3 is 2.84 bits per heavy atom. The summed E-state index contributed by atoms with van der Waals surface area (Å²) in [6, 6.07) is 5.06. The van der Waals surface area contributed by atoms with Crippen LogP contribution in [0.1, 0.15) is 25.3 Å². The minimum absolute atomic E-state index is 0.176. The maximum atomic E-state index is 12.7. The molecular weight excluding hydrogens is 326 g/mol. The monoisotopic (exact) mass is 345 g/mol. The van der Waals surface area contributed by atoms with Gasteiger partial charge >= 0.3 is 6.03 Å². The van der Waals surface area contributed by atoms with Gasteiger partial charge in [0, 0.05) is 12.5 Å². The third-order valence-electron chi connectivity index (χ3n) is 4.58. The van der Waals surface area contributed by atoms with Crippen LogP contribution in [-0.2, 0) is 16.0 Å². The number of hydrogen-bond donors (Lipinski definition) is 2. The first-order chi connectivity index (χ1) is 11.9. The summed E-state index contributed by atoms with van der Waals surface area (Å²) in [6.45, 7) is 1.59. The number of imide groups is 1. The predicted octanol–water partition coefficient (Wildman–Crippen LogP) is 0.547. The maximum Gasteiger partial charge on any atom is 0.325 e. The second-order valence-electron chi connectivity index (χ2n) is 6.86. The lowest BCUT2D eigenvalue weighted by Gasteiger charge is -2.21. The molecule has 25 heavy (non-hydrogen) atoms. The molecule has 0 bridgehead atoms. The molecule has 3 aliphatic rings. The van der Waals surface area contributed by atoms with E-state index in [1.165, 1.54) is 0 Å². The summed E-state index contributed by atoms with van der Waals surface area (Å²) in [7, 11) is 0. The summed E-state index contributed by atoms with van der Waals surface area (Å²) in [5.41, 5.74) is -0.255. The number of hydrogen-bond acceptors (Lipinski definition) is 5. The van der Waals surface area contributed by atoms with E-state index in [2.05, 4.69) is 10.6 Å². The van der Waals surface area contributed by atoms with Crippen molar-refractivity contribution in [2.45, 2.75) is 37.8 Å². The van der Waals surface area contributed by atoms with E-state index in [0.717, 1.165) is 23.3 Å². The molecule has 8 nitrogen and oxygen atoms in total. The van der Waals surface area contributed by atoms with Gasteiger partial charge in [-0.15, -0.1) is 0 Å². The molecule has 1 aromatic carbocycles. The van der Waals surface area contributed by atoms with Gasteiger partial charge in [-0.1, -0.05) is 6.07 Å². The number of urea groups is 1. The SMILES string of the molecule is C[C@]1(Cc2ccc3c(c2)OCO3)NC(=O)N(CC(=O)NC2CC2)C1=O. The third kappa shape index (κ3) is 2.99. The second kappa shape index (κ2) is 5.65. The minimum Gasteiger partial charge on any atom is -0.454 e. The maximum absolute atomic E-state index is 12.7. The molecule has 0 aromatic heterocycles. The zero-order valence-electron chi connectivity index (χ0n) is 13.8. The van der Waals surface area contributed by atoms with Crippen LogP contribution >= 0.6 is 0 Å². The molecule has 0 radical (unpaired) electrons. The van der Waals surface area contributed by atoms with Gasteiger partial charge in [0.25, 0.3) is 5.91 Å². The van der Waals surface area contributed by atoms with Gasteiger partial charge in [0.05, 0.1) is 0 Å². The van der Waals surface area contributed by atoms with Gasteiger partial charge in [0.2, 0.25) is 12.7 Å². The zero-order chi connectivity index (χ0) is 17.6. The number of nitrogens with zero attached hydrogens (tertiary/aromatic N) is 1. The van der Waals surface area contributed by atoms with Gasteiger partial charge in [0.15, 0.2) is 11.5 Å². The first-order valence-corrected chi connectivity index (χ1v) is 8.27. The van der Waals surface area contributed by atoms with Crippen molar-refractivity contribution in [2.24, 2.45) is 0 Å². The Kier molecular flexibility index (Phi) is 3.55. The first-order valence-electron chi connectivity index (χ1n) is 8.27. The lowest BCUT2D eigenvalue weighted by atomic mass is 9.92. The molecule has 0 spiro atoms. The number of carbonyl (C=O) groups excluding carboxylic acids is 3. The molecule has 4 amide bonds. The largest absolute Gasteiger partial charge is 0.454 e. The van der Waals surface area contributed by atoms with E-state index in [-0.39, 0.29) is 25.3 Å². The average molecular weight is 345 g/mol. The Hall–Kier alpha value is -2.77.